The van der Waals surface area contributed by atoms with Crippen LogP contribution in [-0.2, 0) is 0 Å². The van der Waals surface area contributed by atoms with Gasteiger partial charge in [0, 0.05) is 0 Å². The number of hydrogen-bond acceptors (Lipinski definition) is 0. The highest BCUT2D eigenvalue weighted by Gasteiger charge is 2.89. The molecule has 0 aromatic carbocycles. The summed E-state index contributed by atoms with van der Waals surface area (Å²) in [5, 5.41) is 0. The molecule has 0 N–H and O–H groups in total. The molecule has 10 heavy (non-hydrogen) atoms. The lowest BCUT2D eigenvalue weighted by molar-refractivity contribution is 0.435. The normalized spacial score (nSPS) is 60.0. The molecule has 0 heterocycles. The first-order valence-corrected chi connectivity index (χ1v) is 4.49. The van der Waals surface area contributed by atoms with Crippen LogP contribution in [0.2, 0.25) is 0 Å². The van der Waals surface area contributed by atoms with Crippen molar-refractivity contribution in [3.8, 4) is 0 Å². The summed E-state index contributed by atoms with van der Waals surface area (Å²) in [5.74, 6) is 3.83. The van der Waals surface area contributed by atoms with Gasteiger partial charge in [-0.1, -0.05) is 0 Å². The van der Waals surface area contributed by atoms with Gasteiger partial charge in [0.25, 0.3) is 0 Å². The van der Waals surface area contributed by atoms with E-state index in [-0.39, 0.29) is 0 Å². The topological polar surface area (TPSA) is 0 Å². The molecule has 0 nitrogen and oxygen atoms in total. The van der Waals surface area contributed by atoms with Gasteiger partial charge in [0.1, 0.15) is 37.5 Å². The molecule has 0 aliphatic heterocycles. The Morgan fingerprint density at radius 1 is 0.800 bits per heavy atom. The molecule has 5 aliphatic rings. The maximum absolute atomic E-state index is 1.92. The van der Waals surface area contributed by atoms with E-state index in [4.69, 9.17) is 0 Å². The minimum absolute atomic E-state index is 0.899. The summed E-state index contributed by atoms with van der Waals surface area (Å²) in [6.07, 6.45) is 9.20. The van der Waals surface area contributed by atoms with Gasteiger partial charge in [0.15, 0.2) is 0 Å². The molecule has 5 fully saturated rings. The lowest BCUT2D eigenvalue weighted by Gasteiger charge is -2.15. The summed E-state index contributed by atoms with van der Waals surface area (Å²) in [5.41, 5.74) is 1.80. The van der Waals surface area contributed by atoms with Crippen LogP contribution in [0.3, 0.4) is 0 Å². The Morgan fingerprint density at radius 3 is 1.70 bits per heavy atom. The van der Waals surface area contributed by atoms with Crippen LogP contribution >= 0.6 is 0 Å². The second-order valence-electron chi connectivity index (χ2n) is 5.12. The molecule has 4 bridgehead atoms. The summed E-state index contributed by atoms with van der Waals surface area (Å²) in [7, 11) is 0. The van der Waals surface area contributed by atoms with Gasteiger partial charge in [-0.15, -0.1) is 0 Å². The monoisotopic (exact) mass is 132 g/mol. The zero-order valence-corrected chi connectivity index (χ0v) is 6.24. The van der Waals surface area contributed by atoms with E-state index in [0.29, 0.717) is 0 Å². The first-order valence-electron chi connectivity index (χ1n) is 4.49. The van der Waals surface area contributed by atoms with Crippen LogP contribution in [0.1, 0.15) is 38.5 Å². The van der Waals surface area contributed by atoms with E-state index in [0.717, 1.165) is 10.8 Å². The Bertz CT molecular complexity index is 182. The standard InChI is InChI=1S/C10H12/c1-7-2-9-4-8(1)5-10(9,3-7)6-9/h1-6H2/q+2. The van der Waals surface area contributed by atoms with Crippen molar-refractivity contribution in [3.05, 3.63) is 11.8 Å². The molecule has 0 heteroatoms. The van der Waals surface area contributed by atoms with Crippen molar-refractivity contribution in [3.63, 3.8) is 0 Å². The predicted octanol–water partition coefficient (Wildman–Crippen LogP) is 2.50. The van der Waals surface area contributed by atoms with Crippen LogP contribution in [0.4, 0.5) is 0 Å². The molecule has 0 unspecified atom stereocenters. The predicted molar refractivity (Wildman–Crippen MR) is 39.1 cm³/mol. The molecule has 5 aliphatic carbocycles. The quantitative estimate of drug-likeness (QED) is 0.444. The van der Waals surface area contributed by atoms with Crippen LogP contribution in [-0.4, -0.2) is 0 Å². The third-order valence-electron chi connectivity index (χ3n) is 4.53. The van der Waals surface area contributed by atoms with E-state index in [1.54, 1.807) is 6.42 Å². The molecule has 0 aromatic heterocycles. The second-order valence-corrected chi connectivity index (χ2v) is 5.12. The van der Waals surface area contributed by atoms with Crippen molar-refractivity contribution < 1.29 is 0 Å². The minimum Gasteiger partial charge on any atom is -0.0237 e. The Labute approximate surface area is 62.0 Å². The highest BCUT2D eigenvalue weighted by molar-refractivity contribution is 5.42. The van der Waals surface area contributed by atoms with E-state index < -0.39 is 0 Å². The van der Waals surface area contributed by atoms with Gasteiger partial charge >= 0.3 is 0 Å². The van der Waals surface area contributed by atoms with Gasteiger partial charge in [0.05, 0.1) is 10.8 Å². The van der Waals surface area contributed by atoms with E-state index in [2.05, 4.69) is 0 Å². The molecule has 50 valence electrons. The summed E-state index contributed by atoms with van der Waals surface area (Å²) < 4.78 is 0. The van der Waals surface area contributed by atoms with Gasteiger partial charge in [-0.25, -0.2) is 0 Å². The van der Waals surface area contributed by atoms with E-state index in [1.807, 2.05) is 11.8 Å². The minimum atomic E-state index is 0.899. The Balaban J connectivity index is 1.96. The fraction of sp³-hybridized carbons (Fsp3) is 0.800. The Kier molecular flexibility index (Phi) is 0.426. The fourth-order valence-electron chi connectivity index (χ4n) is 4.37. The molecular formula is C10H12+2. The Hall–Kier alpha value is -0.260. The van der Waals surface area contributed by atoms with Gasteiger partial charge in [-0.3, -0.25) is 0 Å². The van der Waals surface area contributed by atoms with Crippen molar-refractivity contribution in [2.24, 2.45) is 10.8 Å². The van der Waals surface area contributed by atoms with Crippen molar-refractivity contribution in [1.82, 2.24) is 0 Å². The maximum Gasteiger partial charge on any atom is 0.222 e. The van der Waals surface area contributed by atoms with E-state index in [9.17, 15) is 0 Å². The second kappa shape index (κ2) is 0.929. The fourth-order valence-corrected chi connectivity index (χ4v) is 4.37. The van der Waals surface area contributed by atoms with Crippen LogP contribution in [0.15, 0.2) is 0 Å². The lowest BCUT2D eigenvalue weighted by Crippen LogP contribution is -2.17. The zero-order valence-electron chi connectivity index (χ0n) is 6.24. The molecule has 2 spiro atoms. The molecule has 0 atom stereocenters. The lowest BCUT2D eigenvalue weighted by atomic mass is 9.74. The van der Waals surface area contributed by atoms with Gasteiger partial charge in [0.2, 0.25) is 6.42 Å². The van der Waals surface area contributed by atoms with Crippen LogP contribution in [0.5, 0.6) is 0 Å². The third-order valence-corrected chi connectivity index (χ3v) is 4.53. The highest BCUT2D eigenvalue weighted by Crippen LogP contribution is 2.88. The molecule has 5 rings (SSSR count). The first kappa shape index (κ1) is 4.58. The summed E-state index contributed by atoms with van der Waals surface area (Å²) in [6.45, 7) is 0. The SMILES string of the molecule is C1[C+]2CC34C[C+]1CC3(C2)C4. The van der Waals surface area contributed by atoms with E-state index in [1.165, 1.54) is 32.1 Å². The van der Waals surface area contributed by atoms with Crippen molar-refractivity contribution >= 4 is 0 Å². The van der Waals surface area contributed by atoms with Gasteiger partial charge in [-0.2, -0.15) is 0 Å². The Morgan fingerprint density at radius 2 is 1.30 bits per heavy atom. The summed E-state index contributed by atoms with van der Waals surface area (Å²) in [4.78, 5) is 0. The molecule has 0 aromatic rings. The molecule has 0 radical (unpaired) electrons. The van der Waals surface area contributed by atoms with Gasteiger partial charge in [-0.05, 0) is 6.42 Å². The van der Waals surface area contributed by atoms with Crippen molar-refractivity contribution in [1.29, 1.82) is 0 Å². The third kappa shape index (κ3) is 0.260. The van der Waals surface area contributed by atoms with Crippen LogP contribution < -0.4 is 0 Å². The summed E-state index contributed by atoms with van der Waals surface area (Å²) in [6, 6.07) is 0. The summed E-state index contributed by atoms with van der Waals surface area (Å²) >= 11 is 0. The molecule has 0 amide bonds. The highest BCUT2D eigenvalue weighted by atomic mass is 14.8. The average molecular weight is 132 g/mol. The van der Waals surface area contributed by atoms with Crippen LogP contribution in [0, 0.1) is 22.7 Å². The zero-order chi connectivity index (χ0) is 6.40. The maximum atomic E-state index is 1.92. The number of rotatable bonds is 0. The van der Waals surface area contributed by atoms with Crippen LogP contribution in [0.25, 0.3) is 0 Å². The average Bonchev–Trinajstić information content (AvgIpc) is 2.18. The van der Waals surface area contributed by atoms with E-state index >= 15 is 0 Å². The molecular weight excluding hydrogens is 120 g/mol. The number of hydrogen-bond donors (Lipinski definition) is 0. The smallest absolute Gasteiger partial charge is 0.0237 e. The van der Waals surface area contributed by atoms with Gasteiger partial charge < -0.3 is 0 Å². The van der Waals surface area contributed by atoms with Crippen molar-refractivity contribution in [2.75, 3.05) is 0 Å². The van der Waals surface area contributed by atoms with Crippen molar-refractivity contribution in [2.45, 2.75) is 38.5 Å². The molecule has 5 saturated carbocycles. The molecule has 0 saturated heterocycles. The first-order chi connectivity index (χ1) is 4.82. The largest absolute Gasteiger partial charge is 0.222 e.